The van der Waals surface area contributed by atoms with E-state index in [1.165, 1.54) is 6.33 Å². The Kier molecular flexibility index (Phi) is 2.79. The topological polar surface area (TPSA) is 71.2 Å². The summed E-state index contributed by atoms with van der Waals surface area (Å²) in [4.78, 5) is 17.6. The molecule has 6 heteroatoms. The normalized spacial score (nSPS) is 15.4. The average Bonchev–Trinajstić information content (AvgIpc) is 2.87. The standard InChI is InChI=1S/C13H14N4O2/c1-9-4-10(13(19)16-5-11(18)6-16)2-3-12(9)17-8-14-7-15-17/h2-4,7-8,11,18H,5-6H2,1H3. The van der Waals surface area contributed by atoms with E-state index in [4.69, 9.17) is 0 Å². The number of aromatic nitrogens is 3. The first-order valence-corrected chi connectivity index (χ1v) is 6.08. The summed E-state index contributed by atoms with van der Waals surface area (Å²) in [5, 5.41) is 13.3. The molecule has 2 heterocycles. The SMILES string of the molecule is Cc1cc(C(=O)N2CC(O)C2)ccc1-n1cncn1. The summed E-state index contributed by atoms with van der Waals surface area (Å²) in [6.45, 7) is 2.77. The van der Waals surface area contributed by atoms with Crippen LogP contribution in [-0.2, 0) is 0 Å². The van der Waals surface area contributed by atoms with Crippen molar-refractivity contribution in [3.63, 3.8) is 0 Å². The number of hydrogen-bond acceptors (Lipinski definition) is 4. The summed E-state index contributed by atoms with van der Waals surface area (Å²) in [7, 11) is 0. The van der Waals surface area contributed by atoms with Crippen molar-refractivity contribution in [3.05, 3.63) is 42.0 Å². The highest BCUT2D eigenvalue weighted by Gasteiger charge is 2.29. The molecule has 6 nitrogen and oxygen atoms in total. The fraction of sp³-hybridized carbons (Fsp3) is 0.308. The zero-order chi connectivity index (χ0) is 13.4. The molecule has 3 rings (SSSR count). The third-order valence-electron chi connectivity index (χ3n) is 3.26. The number of carbonyl (C=O) groups is 1. The van der Waals surface area contributed by atoms with E-state index in [2.05, 4.69) is 10.1 Å². The first kappa shape index (κ1) is 11.9. The zero-order valence-electron chi connectivity index (χ0n) is 10.5. The third-order valence-corrected chi connectivity index (χ3v) is 3.26. The predicted molar refractivity (Wildman–Crippen MR) is 68.0 cm³/mol. The Balaban J connectivity index is 1.85. The number of aliphatic hydroxyl groups excluding tert-OH is 1. The number of amides is 1. The van der Waals surface area contributed by atoms with Crippen LogP contribution >= 0.6 is 0 Å². The monoisotopic (exact) mass is 258 g/mol. The highest BCUT2D eigenvalue weighted by molar-refractivity contribution is 5.95. The summed E-state index contributed by atoms with van der Waals surface area (Å²) >= 11 is 0. The van der Waals surface area contributed by atoms with Crippen molar-refractivity contribution in [1.82, 2.24) is 19.7 Å². The van der Waals surface area contributed by atoms with E-state index in [-0.39, 0.29) is 12.0 Å². The van der Waals surface area contributed by atoms with E-state index in [0.29, 0.717) is 18.7 Å². The van der Waals surface area contributed by atoms with Gasteiger partial charge in [-0.05, 0) is 30.7 Å². The van der Waals surface area contributed by atoms with Crippen LogP contribution in [0.3, 0.4) is 0 Å². The summed E-state index contributed by atoms with van der Waals surface area (Å²) in [6.07, 6.45) is 2.72. The van der Waals surface area contributed by atoms with Crippen LogP contribution in [0.2, 0.25) is 0 Å². The van der Waals surface area contributed by atoms with Gasteiger partial charge in [0.25, 0.3) is 5.91 Å². The van der Waals surface area contributed by atoms with Crippen LogP contribution in [0.25, 0.3) is 5.69 Å². The molecule has 2 aromatic rings. The second kappa shape index (κ2) is 4.47. The van der Waals surface area contributed by atoms with E-state index in [1.807, 2.05) is 19.1 Å². The number of aliphatic hydroxyl groups is 1. The average molecular weight is 258 g/mol. The molecule has 19 heavy (non-hydrogen) atoms. The first-order valence-electron chi connectivity index (χ1n) is 6.08. The maximum Gasteiger partial charge on any atom is 0.254 e. The fourth-order valence-electron chi connectivity index (χ4n) is 2.18. The Morgan fingerprint density at radius 1 is 1.42 bits per heavy atom. The van der Waals surface area contributed by atoms with Crippen molar-refractivity contribution in [2.75, 3.05) is 13.1 Å². The lowest BCUT2D eigenvalue weighted by Crippen LogP contribution is -2.53. The van der Waals surface area contributed by atoms with Crippen LogP contribution in [0.5, 0.6) is 0 Å². The summed E-state index contributed by atoms with van der Waals surface area (Å²) in [5.41, 5.74) is 2.49. The van der Waals surface area contributed by atoms with Crippen LogP contribution in [-0.4, -0.2) is 49.9 Å². The summed E-state index contributed by atoms with van der Waals surface area (Å²) in [5.74, 6) is -0.0430. The van der Waals surface area contributed by atoms with E-state index in [0.717, 1.165) is 11.3 Å². The van der Waals surface area contributed by atoms with E-state index >= 15 is 0 Å². The molecular formula is C13H14N4O2. The number of rotatable bonds is 2. The van der Waals surface area contributed by atoms with Crippen LogP contribution in [0.15, 0.2) is 30.9 Å². The molecule has 0 radical (unpaired) electrons. The Morgan fingerprint density at radius 2 is 2.21 bits per heavy atom. The highest BCUT2D eigenvalue weighted by Crippen LogP contribution is 2.18. The van der Waals surface area contributed by atoms with E-state index in [1.54, 1.807) is 22.0 Å². The molecule has 0 aliphatic carbocycles. The molecule has 1 N–H and O–H groups in total. The van der Waals surface area contributed by atoms with E-state index < -0.39 is 0 Å². The van der Waals surface area contributed by atoms with Crippen molar-refractivity contribution in [2.45, 2.75) is 13.0 Å². The molecule has 0 atom stereocenters. The van der Waals surface area contributed by atoms with Crippen molar-refractivity contribution in [3.8, 4) is 5.69 Å². The van der Waals surface area contributed by atoms with Crippen molar-refractivity contribution in [1.29, 1.82) is 0 Å². The third kappa shape index (κ3) is 2.10. The quantitative estimate of drug-likeness (QED) is 0.846. The van der Waals surface area contributed by atoms with Crippen molar-refractivity contribution in [2.24, 2.45) is 0 Å². The number of nitrogens with zero attached hydrogens (tertiary/aromatic N) is 4. The second-order valence-electron chi connectivity index (χ2n) is 4.71. The van der Waals surface area contributed by atoms with Crippen molar-refractivity contribution >= 4 is 5.91 Å². The molecule has 98 valence electrons. The number of β-amino-alcohol motifs (C(OH)–C–C–N with tert-alkyl or cyclic N) is 1. The zero-order valence-corrected chi connectivity index (χ0v) is 10.5. The van der Waals surface area contributed by atoms with Gasteiger partial charge in [0, 0.05) is 18.7 Å². The number of benzene rings is 1. The fourth-order valence-corrected chi connectivity index (χ4v) is 2.18. The second-order valence-corrected chi connectivity index (χ2v) is 4.71. The van der Waals surface area contributed by atoms with Gasteiger partial charge in [-0.1, -0.05) is 0 Å². The maximum absolute atomic E-state index is 12.1. The minimum absolute atomic E-state index is 0.0430. The molecule has 0 unspecified atom stereocenters. The van der Waals surface area contributed by atoms with Gasteiger partial charge < -0.3 is 10.0 Å². The van der Waals surface area contributed by atoms with Gasteiger partial charge in [0.05, 0.1) is 11.8 Å². The Labute approximate surface area is 110 Å². The predicted octanol–water partition coefficient (Wildman–Crippen LogP) is 0.392. The summed E-state index contributed by atoms with van der Waals surface area (Å²) in [6, 6.07) is 5.47. The smallest absolute Gasteiger partial charge is 0.254 e. The van der Waals surface area contributed by atoms with Gasteiger partial charge in [0.2, 0.25) is 0 Å². The molecule has 1 aromatic heterocycles. The maximum atomic E-state index is 12.1. The molecule has 1 fully saturated rings. The lowest BCUT2D eigenvalue weighted by atomic mass is 10.1. The molecule has 0 bridgehead atoms. The van der Waals surface area contributed by atoms with Gasteiger partial charge in [-0.3, -0.25) is 4.79 Å². The number of carbonyl (C=O) groups excluding carboxylic acids is 1. The van der Waals surface area contributed by atoms with Crippen molar-refractivity contribution < 1.29 is 9.90 Å². The van der Waals surface area contributed by atoms with Crippen LogP contribution in [0.1, 0.15) is 15.9 Å². The molecular weight excluding hydrogens is 244 g/mol. The van der Waals surface area contributed by atoms with Crippen LogP contribution < -0.4 is 0 Å². The molecule has 1 aliphatic heterocycles. The number of aryl methyl sites for hydroxylation is 1. The minimum atomic E-state index is -0.375. The molecule has 0 saturated carbocycles. The molecule has 1 aliphatic rings. The summed E-state index contributed by atoms with van der Waals surface area (Å²) < 4.78 is 1.66. The lowest BCUT2D eigenvalue weighted by Gasteiger charge is -2.35. The van der Waals surface area contributed by atoms with Gasteiger partial charge in [-0.25, -0.2) is 9.67 Å². The Bertz CT molecular complexity index is 603. The van der Waals surface area contributed by atoms with Gasteiger partial charge in [-0.15, -0.1) is 0 Å². The number of hydrogen-bond donors (Lipinski definition) is 1. The first-order chi connectivity index (χ1) is 9.15. The molecule has 1 saturated heterocycles. The van der Waals surface area contributed by atoms with Crippen LogP contribution in [0.4, 0.5) is 0 Å². The number of likely N-dealkylation sites (tertiary alicyclic amines) is 1. The van der Waals surface area contributed by atoms with Crippen LogP contribution in [0, 0.1) is 6.92 Å². The van der Waals surface area contributed by atoms with Gasteiger partial charge in [0.1, 0.15) is 12.7 Å². The van der Waals surface area contributed by atoms with Gasteiger partial charge >= 0.3 is 0 Å². The minimum Gasteiger partial charge on any atom is -0.389 e. The molecule has 0 spiro atoms. The lowest BCUT2D eigenvalue weighted by molar-refractivity contribution is 0.00589. The van der Waals surface area contributed by atoms with E-state index in [9.17, 15) is 9.90 Å². The molecule has 1 amide bonds. The highest BCUT2D eigenvalue weighted by atomic mass is 16.3. The largest absolute Gasteiger partial charge is 0.389 e. The molecule has 1 aromatic carbocycles. The van der Waals surface area contributed by atoms with Gasteiger partial charge in [-0.2, -0.15) is 5.10 Å². The Morgan fingerprint density at radius 3 is 2.79 bits per heavy atom. The van der Waals surface area contributed by atoms with Gasteiger partial charge in [0.15, 0.2) is 0 Å². The Hall–Kier alpha value is -2.21.